The molecule has 1 amide bonds. The van der Waals surface area contributed by atoms with Gasteiger partial charge in [0, 0.05) is 25.3 Å². The second-order valence-electron chi connectivity index (χ2n) is 7.75. The first kappa shape index (κ1) is 24.6. The number of rotatable bonds is 12. The zero-order chi connectivity index (χ0) is 22.3. The molecule has 2 rings (SSSR count). The van der Waals surface area contributed by atoms with Gasteiger partial charge in [-0.25, -0.2) is 8.42 Å². The first-order valence-electron chi connectivity index (χ1n) is 10.5. The van der Waals surface area contributed by atoms with Gasteiger partial charge in [0.25, 0.3) is 0 Å². The molecule has 168 valence electrons. The minimum absolute atomic E-state index is 0.0688. The number of amides is 1. The molecule has 1 unspecified atom stereocenters. The number of hydrogen-bond donors (Lipinski definition) is 1. The highest BCUT2D eigenvalue weighted by Gasteiger charge is 2.23. The number of aromatic nitrogens is 3. The van der Waals surface area contributed by atoms with E-state index in [0.717, 1.165) is 19.3 Å². The third kappa shape index (κ3) is 6.42. The van der Waals surface area contributed by atoms with Crippen LogP contribution >= 0.6 is 11.8 Å². The van der Waals surface area contributed by atoms with Gasteiger partial charge in [-0.1, -0.05) is 52.3 Å². The topological polar surface area (TPSA) is 96.7 Å². The molecule has 2 aromatic rings. The minimum Gasteiger partial charge on any atom is -0.353 e. The molecule has 10 heteroatoms. The highest BCUT2D eigenvalue weighted by Crippen LogP contribution is 2.21. The fourth-order valence-corrected chi connectivity index (χ4v) is 5.35. The van der Waals surface area contributed by atoms with Gasteiger partial charge in [0.1, 0.15) is 0 Å². The van der Waals surface area contributed by atoms with Crippen LogP contribution in [0, 0.1) is 5.92 Å². The number of thioether (sulfide) groups is 1. The Morgan fingerprint density at radius 2 is 1.87 bits per heavy atom. The van der Waals surface area contributed by atoms with E-state index in [1.54, 1.807) is 10.5 Å². The Hall–Kier alpha value is -1.65. The molecule has 0 aliphatic heterocycles. The summed E-state index contributed by atoms with van der Waals surface area (Å²) in [5, 5.41) is 11.7. The van der Waals surface area contributed by atoms with Crippen LogP contribution < -0.4 is 5.32 Å². The summed E-state index contributed by atoms with van der Waals surface area (Å²) in [6.07, 6.45) is 4.72. The molecule has 0 saturated carbocycles. The molecule has 0 spiro atoms. The average molecular weight is 456 g/mol. The zero-order valence-electron chi connectivity index (χ0n) is 18.5. The summed E-state index contributed by atoms with van der Waals surface area (Å²) in [7, 11) is -3.58. The van der Waals surface area contributed by atoms with E-state index < -0.39 is 10.0 Å². The summed E-state index contributed by atoms with van der Waals surface area (Å²) in [5.41, 5.74) is 0.540. The number of nitrogens with zero attached hydrogens (tertiary/aromatic N) is 4. The van der Waals surface area contributed by atoms with Crippen LogP contribution in [0.3, 0.4) is 0 Å². The largest absolute Gasteiger partial charge is 0.353 e. The summed E-state index contributed by atoms with van der Waals surface area (Å²) in [5.74, 6) is 0.795. The summed E-state index contributed by atoms with van der Waals surface area (Å²) in [6, 6.07) is 3.29. The van der Waals surface area contributed by atoms with Crippen LogP contribution in [0.15, 0.2) is 28.4 Å². The van der Waals surface area contributed by atoms with Crippen molar-refractivity contribution in [1.82, 2.24) is 24.2 Å². The minimum atomic E-state index is -3.58. The van der Waals surface area contributed by atoms with Crippen molar-refractivity contribution in [3.05, 3.63) is 18.3 Å². The van der Waals surface area contributed by atoms with E-state index in [1.165, 1.54) is 28.3 Å². The van der Waals surface area contributed by atoms with E-state index in [-0.39, 0.29) is 22.6 Å². The number of sulfonamides is 1. The predicted octanol–water partition coefficient (Wildman–Crippen LogP) is 3.18. The van der Waals surface area contributed by atoms with E-state index in [9.17, 15) is 13.2 Å². The molecule has 2 heterocycles. The van der Waals surface area contributed by atoms with Gasteiger partial charge in [-0.2, -0.15) is 4.31 Å². The molecule has 2 aromatic heterocycles. The van der Waals surface area contributed by atoms with Gasteiger partial charge in [-0.3, -0.25) is 9.20 Å². The van der Waals surface area contributed by atoms with Crippen molar-refractivity contribution >= 4 is 33.3 Å². The van der Waals surface area contributed by atoms with Gasteiger partial charge in [-0.05, 0) is 31.4 Å². The summed E-state index contributed by atoms with van der Waals surface area (Å²) in [4.78, 5) is 12.5. The first-order valence-corrected chi connectivity index (χ1v) is 12.9. The Balaban J connectivity index is 2.04. The Labute approximate surface area is 183 Å². The van der Waals surface area contributed by atoms with Gasteiger partial charge in [0.2, 0.25) is 15.9 Å². The summed E-state index contributed by atoms with van der Waals surface area (Å²) in [6.45, 7) is 10.8. The molecule has 1 N–H and O–H groups in total. The monoisotopic (exact) mass is 455 g/mol. The zero-order valence-corrected chi connectivity index (χ0v) is 20.1. The van der Waals surface area contributed by atoms with Crippen molar-refractivity contribution in [3.8, 4) is 0 Å². The van der Waals surface area contributed by atoms with Crippen LogP contribution in [0.1, 0.15) is 53.9 Å². The van der Waals surface area contributed by atoms with Crippen LogP contribution in [0.25, 0.3) is 5.65 Å². The Bertz CT molecular complexity index is 939. The van der Waals surface area contributed by atoms with Crippen molar-refractivity contribution in [2.45, 2.75) is 70.0 Å². The maximum atomic E-state index is 12.8. The van der Waals surface area contributed by atoms with E-state index in [2.05, 4.69) is 29.4 Å². The number of fused-ring (bicyclic) bond motifs is 1. The van der Waals surface area contributed by atoms with Gasteiger partial charge in [-0.15, -0.1) is 10.2 Å². The summed E-state index contributed by atoms with van der Waals surface area (Å²) >= 11 is 1.24. The molecule has 0 bridgehead atoms. The quantitative estimate of drug-likeness (QED) is 0.494. The Morgan fingerprint density at radius 3 is 2.50 bits per heavy atom. The number of pyridine rings is 1. The van der Waals surface area contributed by atoms with Crippen LogP contribution in [0.4, 0.5) is 0 Å². The molecule has 0 radical (unpaired) electrons. The number of carbonyl (C=O) groups is 1. The predicted molar refractivity (Wildman–Crippen MR) is 120 cm³/mol. The van der Waals surface area contributed by atoms with E-state index >= 15 is 0 Å². The van der Waals surface area contributed by atoms with Crippen LogP contribution in [-0.2, 0) is 14.8 Å². The lowest BCUT2D eigenvalue weighted by Crippen LogP contribution is -2.33. The molecule has 0 fully saturated rings. The molecule has 0 saturated heterocycles. The molecule has 1 atom stereocenters. The van der Waals surface area contributed by atoms with E-state index in [0.29, 0.717) is 29.8 Å². The highest BCUT2D eigenvalue weighted by molar-refractivity contribution is 7.99. The molecule has 0 aliphatic rings. The fraction of sp³-hybridized carbons (Fsp3) is 0.650. The third-order valence-electron chi connectivity index (χ3n) is 4.85. The van der Waals surface area contributed by atoms with Crippen molar-refractivity contribution < 1.29 is 13.2 Å². The SMILES string of the molecule is CCN(CC)S(=O)(=O)c1ccc2nnc(SCC(=O)NC(C)CCCC(C)C)n2c1. The van der Waals surface area contributed by atoms with Gasteiger partial charge < -0.3 is 5.32 Å². The lowest BCUT2D eigenvalue weighted by molar-refractivity contribution is -0.119. The molecular weight excluding hydrogens is 422 g/mol. The second kappa shape index (κ2) is 11.1. The molecule has 8 nitrogen and oxygen atoms in total. The third-order valence-corrected chi connectivity index (χ3v) is 7.82. The van der Waals surface area contributed by atoms with Crippen molar-refractivity contribution in [1.29, 1.82) is 0 Å². The maximum absolute atomic E-state index is 12.8. The van der Waals surface area contributed by atoms with Crippen LogP contribution in [-0.4, -0.2) is 58.1 Å². The van der Waals surface area contributed by atoms with Crippen molar-refractivity contribution in [2.75, 3.05) is 18.8 Å². The summed E-state index contributed by atoms with van der Waals surface area (Å²) < 4.78 is 28.6. The number of hydrogen-bond acceptors (Lipinski definition) is 6. The first-order chi connectivity index (χ1) is 14.2. The van der Waals surface area contributed by atoms with Crippen molar-refractivity contribution in [3.63, 3.8) is 0 Å². The Kier molecular flexibility index (Phi) is 9.11. The lowest BCUT2D eigenvalue weighted by Gasteiger charge is -2.18. The lowest BCUT2D eigenvalue weighted by atomic mass is 10.0. The van der Waals surface area contributed by atoms with Crippen molar-refractivity contribution in [2.24, 2.45) is 5.92 Å². The smallest absolute Gasteiger partial charge is 0.244 e. The second-order valence-corrected chi connectivity index (χ2v) is 10.6. The van der Waals surface area contributed by atoms with Gasteiger partial charge in [0.05, 0.1) is 10.6 Å². The van der Waals surface area contributed by atoms with E-state index in [1.807, 2.05) is 20.8 Å². The van der Waals surface area contributed by atoms with Crippen LogP contribution in [0.5, 0.6) is 0 Å². The van der Waals surface area contributed by atoms with Gasteiger partial charge in [0.15, 0.2) is 10.8 Å². The van der Waals surface area contributed by atoms with Gasteiger partial charge >= 0.3 is 0 Å². The fourth-order valence-electron chi connectivity index (χ4n) is 3.16. The highest BCUT2D eigenvalue weighted by atomic mass is 32.2. The molecular formula is C20H33N5O3S2. The van der Waals surface area contributed by atoms with Crippen LogP contribution in [0.2, 0.25) is 0 Å². The maximum Gasteiger partial charge on any atom is 0.244 e. The molecule has 0 aromatic carbocycles. The number of nitrogens with one attached hydrogen (secondary N) is 1. The Morgan fingerprint density at radius 1 is 1.17 bits per heavy atom. The average Bonchev–Trinajstić information content (AvgIpc) is 3.09. The number of carbonyl (C=O) groups excluding carboxylic acids is 1. The molecule has 0 aliphatic carbocycles. The normalized spacial score (nSPS) is 13.3. The van der Waals surface area contributed by atoms with E-state index in [4.69, 9.17) is 0 Å². The standard InChI is InChI=1S/C20H33N5O3S2/c1-6-24(7-2)30(27,28)17-11-12-18-22-23-20(25(18)13-17)29-14-19(26)21-16(5)10-8-9-15(3)4/h11-13,15-16H,6-10,14H2,1-5H3,(H,21,26). The molecule has 30 heavy (non-hydrogen) atoms.